The summed E-state index contributed by atoms with van der Waals surface area (Å²) in [5, 5.41) is 3.02. The normalized spacial score (nSPS) is 12.1. The Morgan fingerprint density at radius 1 is 0.912 bits per heavy atom. The van der Waals surface area contributed by atoms with Crippen molar-refractivity contribution in [3.63, 3.8) is 0 Å². The van der Waals surface area contributed by atoms with E-state index in [1.54, 1.807) is 48.5 Å². The fourth-order valence-corrected chi connectivity index (χ4v) is 4.50. The lowest BCUT2D eigenvalue weighted by Gasteiger charge is -2.23. The van der Waals surface area contributed by atoms with E-state index in [2.05, 4.69) is 24.4 Å². The van der Waals surface area contributed by atoms with Crippen molar-refractivity contribution in [1.82, 2.24) is 5.32 Å². The van der Waals surface area contributed by atoms with Crippen LogP contribution in [-0.4, -0.2) is 27.2 Å². The molecule has 180 valence electrons. The van der Waals surface area contributed by atoms with Crippen molar-refractivity contribution in [2.75, 3.05) is 17.2 Å². The Bertz CT molecular complexity index is 1190. The number of ether oxygens (including phenoxy) is 1. The van der Waals surface area contributed by atoms with E-state index in [0.717, 1.165) is 17.5 Å². The Kier molecular flexibility index (Phi) is 8.34. The summed E-state index contributed by atoms with van der Waals surface area (Å²) in [5.74, 6) is 0.510. The van der Waals surface area contributed by atoms with Crippen molar-refractivity contribution in [3.05, 3.63) is 95.1 Å². The zero-order chi connectivity index (χ0) is 24.7. The van der Waals surface area contributed by atoms with Gasteiger partial charge in [-0.05, 0) is 73.4 Å². The molecule has 1 atom stereocenters. The van der Waals surface area contributed by atoms with E-state index >= 15 is 0 Å². The Morgan fingerprint density at radius 2 is 1.50 bits per heavy atom. The Balaban J connectivity index is 1.69. The zero-order valence-electron chi connectivity index (χ0n) is 20.1. The van der Waals surface area contributed by atoms with E-state index in [1.807, 2.05) is 26.0 Å². The van der Waals surface area contributed by atoms with Gasteiger partial charge >= 0.3 is 0 Å². The van der Waals surface area contributed by atoms with E-state index in [1.165, 1.54) is 16.1 Å². The van der Waals surface area contributed by atoms with E-state index in [0.29, 0.717) is 23.6 Å². The monoisotopic (exact) mass is 480 g/mol. The Labute approximate surface area is 202 Å². The molecule has 0 radical (unpaired) electrons. The number of hydrogen-bond acceptors (Lipinski definition) is 4. The second kappa shape index (κ2) is 11.2. The van der Waals surface area contributed by atoms with Gasteiger partial charge < -0.3 is 10.1 Å². The van der Waals surface area contributed by atoms with Crippen molar-refractivity contribution in [2.45, 2.75) is 39.8 Å². The molecule has 7 heteroatoms. The fraction of sp³-hybridized carbons (Fsp3) is 0.296. The quantitative estimate of drug-likeness (QED) is 0.438. The molecule has 0 fully saturated rings. The molecular formula is C27H32N2O4S. The number of anilines is 1. The number of hydrogen-bond donors (Lipinski definition) is 1. The standard InChI is InChI=1S/C27H32N2O4S/c1-5-21-7-11-23(12-8-21)20(3)28-27(30)24-13-9-22(10-14-24)19-29(34(4,31)32)25-15-17-26(18-16-25)33-6-2/h7-18,20H,5-6,19H2,1-4H3,(H,28,30)/t20-/m1/s1. The highest BCUT2D eigenvalue weighted by molar-refractivity contribution is 7.92. The van der Waals surface area contributed by atoms with Crippen molar-refractivity contribution in [1.29, 1.82) is 0 Å². The van der Waals surface area contributed by atoms with Crippen LogP contribution in [0.2, 0.25) is 0 Å². The van der Waals surface area contributed by atoms with Crippen LogP contribution in [0.4, 0.5) is 5.69 Å². The maximum atomic E-state index is 12.7. The van der Waals surface area contributed by atoms with Gasteiger partial charge in [0.25, 0.3) is 5.91 Å². The molecule has 0 unspecified atom stereocenters. The lowest BCUT2D eigenvalue weighted by molar-refractivity contribution is 0.0940. The van der Waals surface area contributed by atoms with E-state index < -0.39 is 10.0 Å². The molecule has 34 heavy (non-hydrogen) atoms. The van der Waals surface area contributed by atoms with Crippen LogP contribution in [0.25, 0.3) is 0 Å². The van der Waals surface area contributed by atoms with Gasteiger partial charge in [-0.15, -0.1) is 0 Å². The van der Waals surface area contributed by atoms with Crippen LogP contribution in [0.1, 0.15) is 53.9 Å². The van der Waals surface area contributed by atoms with Crippen LogP contribution in [0.3, 0.4) is 0 Å². The van der Waals surface area contributed by atoms with Gasteiger partial charge in [-0.2, -0.15) is 0 Å². The third kappa shape index (κ3) is 6.60. The summed E-state index contributed by atoms with van der Waals surface area (Å²) in [4.78, 5) is 12.7. The van der Waals surface area contributed by atoms with Gasteiger partial charge in [0, 0.05) is 5.56 Å². The van der Waals surface area contributed by atoms with Gasteiger partial charge in [-0.25, -0.2) is 8.42 Å². The fourth-order valence-electron chi connectivity index (χ4n) is 3.61. The molecule has 0 bridgehead atoms. The first-order valence-electron chi connectivity index (χ1n) is 11.4. The molecule has 3 rings (SSSR count). The number of benzene rings is 3. The minimum atomic E-state index is -3.51. The maximum Gasteiger partial charge on any atom is 0.251 e. The molecule has 0 saturated heterocycles. The van der Waals surface area contributed by atoms with Gasteiger partial charge in [0.2, 0.25) is 10.0 Å². The summed E-state index contributed by atoms with van der Waals surface area (Å²) in [7, 11) is -3.51. The minimum Gasteiger partial charge on any atom is -0.494 e. The predicted molar refractivity (Wildman–Crippen MR) is 137 cm³/mol. The second-order valence-corrected chi connectivity index (χ2v) is 10.1. The number of nitrogens with one attached hydrogen (secondary N) is 1. The number of rotatable bonds is 10. The number of carbonyl (C=O) groups is 1. The molecule has 0 spiro atoms. The Hall–Kier alpha value is -3.32. The number of nitrogens with zero attached hydrogens (tertiary/aromatic N) is 1. The largest absolute Gasteiger partial charge is 0.494 e. The van der Waals surface area contributed by atoms with Crippen LogP contribution < -0.4 is 14.4 Å². The summed E-state index contributed by atoms with van der Waals surface area (Å²) in [6.07, 6.45) is 2.16. The van der Waals surface area contributed by atoms with Crippen LogP contribution in [0.15, 0.2) is 72.8 Å². The SMILES string of the molecule is CCOc1ccc(N(Cc2ccc(C(=O)N[C@H](C)c3ccc(CC)cc3)cc2)S(C)(=O)=O)cc1. The van der Waals surface area contributed by atoms with Crippen molar-refractivity contribution in [2.24, 2.45) is 0 Å². The number of carbonyl (C=O) groups excluding carboxylic acids is 1. The molecule has 6 nitrogen and oxygen atoms in total. The lowest BCUT2D eigenvalue weighted by atomic mass is 10.0. The topological polar surface area (TPSA) is 75.7 Å². The maximum absolute atomic E-state index is 12.7. The van der Waals surface area contributed by atoms with Gasteiger partial charge in [-0.1, -0.05) is 43.3 Å². The summed E-state index contributed by atoms with van der Waals surface area (Å²) < 4.78 is 31.7. The number of sulfonamides is 1. The molecule has 0 aliphatic carbocycles. The average Bonchev–Trinajstić information content (AvgIpc) is 2.83. The van der Waals surface area contributed by atoms with E-state index in [-0.39, 0.29) is 18.5 Å². The predicted octanol–water partition coefficient (Wildman–Crippen LogP) is 5.10. The third-order valence-corrected chi connectivity index (χ3v) is 6.75. The van der Waals surface area contributed by atoms with Crippen LogP contribution in [0.5, 0.6) is 5.75 Å². The zero-order valence-corrected chi connectivity index (χ0v) is 20.9. The molecule has 0 saturated carbocycles. The molecular weight excluding hydrogens is 448 g/mol. The van der Waals surface area contributed by atoms with Crippen LogP contribution in [0, 0.1) is 0 Å². The number of amides is 1. The Morgan fingerprint density at radius 3 is 2.03 bits per heavy atom. The molecule has 1 N–H and O–H groups in total. The van der Waals surface area contributed by atoms with Gasteiger partial charge in [0.1, 0.15) is 5.75 Å². The van der Waals surface area contributed by atoms with E-state index in [4.69, 9.17) is 4.74 Å². The van der Waals surface area contributed by atoms with Crippen LogP contribution in [-0.2, 0) is 23.0 Å². The first-order valence-corrected chi connectivity index (χ1v) is 13.2. The van der Waals surface area contributed by atoms with Crippen molar-refractivity contribution in [3.8, 4) is 5.75 Å². The smallest absolute Gasteiger partial charge is 0.251 e. The molecule has 3 aromatic carbocycles. The summed E-state index contributed by atoms with van der Waals surface area (Å²) in [6.45, 7) is 6.66. The molecule has 0 aliphatic heterocycles. The molecule has 3 aromatic rings. The summed E-state index contributed by atoms with van der Waals surface area (Å²) in [5.41, 5.74) is 4.15. The van der Waals surface area contributed by atoms with E-state index in [9.17, 15) is 13.2 Å². The van der Waals surface area contributed by atoms with Gasteiger partial charge in [0.05, 0.1) is 31.1 Å². The molecule has 0 heterocycles. The minimum absolute atomic E-state index is 0.126. The molecule has 0 aromatic heterocycles. The first kappa shape index (κ1) is 25.3. The third-order valence-electron chi connectivity index (χ3n) is 5.61. The average molecular weight is 481 g/mol. The molecule has 1 amide bonds. The number of aryl methyl sites for hydroxylation is 1. The van der Waals surface area contributed by atoms with Crippen molar-refractivity contribution < 1.29 is 17.9 Å². The van der Waals surface area contributed by atoms with Gasteiger partial charge in [0.15, 0.2) is 0 Å². The second-order valence-electron chi connectivity index (χ2n) is 8.18. The summed E-state index contributed by atoms with van der Waals surface area (Å²) >= 11 is 0. The highest BCUT2D eigenvalue weighted by Gasteiger charge is 2.18. The molecule has 0 aliphatic rings. The van der Waals surface area contributed by atoms with Crippen molar-refractivity contribution >= 4 is 21.6 Å². The highest BCUT2D eigenvalue weighted by Crippen LogP contribution is 2.24. The van der Waals surface area contributed by atoms with Crippen LogP contribution >= 0.6 is 0 Å². The highest BCUT2D eigenvalue weighted by atomic mass is 32.2. The lowest BCUT2D eigenvalue weighted by Crippen LogP contribution is -2.29. The van der Waals surface area contributed by atoms with Gasteiger partial charge in [-0.3, -0.25) is 9.10 Å². The summed E-state index contributed by atoms with van der Waals surface area (Å²) in [6, 6.07) is 22.0. The first-order chi connectivity index (χ1) is 16.2.